The van der Waals surface area contributed by atoms with Crippen molar-refractivity contribution >= 4 is 5.91 Å². The van der Waals surface area contributed by atoms with Crippen LogP contribution >= 0.6 is 0 Å². The number of hydrogen-bond acceptors (Lipinski definition) is 3. The summed E-state index contributed by atoms with van der Waals surface area (Å²) in [6.45, 7) is 2.13. The predicted molar refractivity (Wildman–Crippen MR) is 92.5 cm³/mol. The lowest BCUT2D eigenvalue weighted by Gasteiger charge is -2.07. The van der Waals surface area contributed by atoms with Crippen LogP contribution < -0.4 is 15.4 Å². The van der Waals surface area contributed by atoms with E-state index in [1.807, 2.05) is 42.5 Å². The van der Waals surface area contributed by atoms with E-state index in [0.29, 0.717) is 19.5 Å². The average molecular weight is 312 g/mol. The molecule has 1 amide bonds. The molecule has 2 aromatic rings. The summed E-state index contributed by atoms with van der Waals surface area (Å²) in [6, 6.07) is 18.0. The lowest BCUT2D eigenvalue weighted by Crippen LogP contribution is -2.28. The van der Waals surface area contributed by atoms with Crippen molar-refractivity contribution < 1.29 is 9.53 Å². The highest BCUT2D eigenvalue weighted by atomic mass is 16.5. The second kappa shape index (κ2) is 9.64. The van der Waals surface area contributed by atoms with Crippen LogP contribution in [0.4, 0.5) is 0 Å². The fourth-order valence-electron chi connectivity index (χ4n) is 2.24. The van der Waals surface area contributed by atoms with Crippen LogP contribution in [0.3, 0.4) is 0 Å². The molecule has 0 atom stereocenters. The number of hydrogen-bond donors (Lipinski definition) is 2. The molecule has 122 valence electrons. The second-order valence-electron chi connectivity index (χ2n) is 5.36. The molecular formula is C19H24N2O2. The van der Waals surface area contributed by atoms with Crippen molar-refractivity contribution in [2.75, 3.05) is 20.2 Å². The van der Waals surface area contributed by atoms with Crippen LogP contribution in [0.25, 0.3) is 0 Å². The van der Waals surface area contributed by atoms with Crippen molar-refractivity contribution in [1.29, 1.82) is 0 Å². The Balaban J connectivity index is 1.56. The smallest absolute Gasteiger partial charge is 0.221 e. The number of carbonyl (C=O) groups excluding carboxylic acids is 1. The Labute approximate surface area is 137 Å². The van der Waals surface area contributed by atoms with Crippen molar-refractivity contribution in [3.8, 4) is 5.75 Å². The van der Waals surface area contributed by atoms with Gasteiger partial charge in [-0.25, -0.2) is 0 Å². The van der Waals surface area contributed by atoms with Crippen molar-refractivity contribution in [2.45, 2.75) is 19.4 Å². The SMILES string of the molecule is COc1ccc(CNC(=O)CCNCCc2ccccc2)cc1. The fraction of sp³-hybridized carbons (Fsp3) is 0.316. The minimum Gasteiger partial charge on any atom is -0.497 e. The van der Waals surface area contributed by atoms with Crippen molar-refractivity contribution in [3.05, 3.63) is 65.7 Å². The van der Waals surface area contributed by atoms with E-state index in [4.69, 9.17) is 4.74 Å². The van der Waals surface area contributed by atoms with Gasteiger partial charge in [0.1, 0.15) is 5.75 Å². The van der Waals surface area contributed by atoms with Gasteiger partial charge in [0.15, 0.2) is 0 Å². The second-order valence-corrected chi connectivity index (χ2v) is 5.36. The average Bonchev–Trinajstić information content (AvgIpc) is 2.61. The Morgan fingerprint density at radius 3 is 2.39 bits per heavy atom. The predicted octanol–water partition coefficient (Wildman–Crippen LogP) is 2.53. The molecule has 0 saturated carbocycles. The molecule has 0 bridgehead atoms. The highest BCUT2D eigenvalue weighted by molar-refractivity contribution is 5.76. The number of carbonyl (C=O) groups is 1. The van der Waals surface area contributed by atoms with Crippen LogP contribution in [-0.4, -0.2) is 26.1 Å². The molecule has 0 fully saturated rings. The summed E-state index contributed by atoms with van der Waals surface area (Å²) < 4.78 is 5.11. The molecule has 4 nitrogen and oxygen atoms in total. The Bertz CT molecular complexity index is 582. The van der Waals surface area contributed by atoms with E-state index in [-0.39, 0.29) is 5.91 Å². The lowest BCUT2D eigenvalue weighted by atomic mass is 10.1. The Morgan fingerprint density at radius 2 is 1.70 bits per heavy atom. The van der Waals surface area contributed by atoms with E-state index < -0.39 is 0 Å². The van der Waals surface area contributed by atoms with Gasteiger partial charge in [0.2, 0.25) is 5.91 Å². The summed E-state index contributed by atoms with van der Waals surface area (Å²) in [4.78, 5) is 11.8. The van der Waals surface area contributed by atoms with Crippen LogP contribution in [0.15, 0.2) is 54.6 Å². The quantitative estimate of drug-likeness (QED) is 0.700. The first kappa shape index (κ1) is 17.0. The summed E-state index contributed by atoms with van der Waals surface area (Å²) in [5.74, 6) is 0.885. The monoisotopic (exact) mass is 312 g/mol. The molecule has 23 heavy (non-hydrogen) atoms. The Kier molecular flexibility index (Phi) is 7.14. The zero-order valence-electron chi connectivity index (χ0n) is 13.5. The van der Waals surface area contributed by atoms with E-state index in [9.17, 15) is 4.79 Å². The van der Waals surface area contributed by atoms with Gasteiger partial charge in [-0.1, -0.05) is 42.5 Å². The van der Waals surface area contributed by atoms with Gasteiger partial charge < -0.3 is 15.4 Å². The van der Waals surface area contributed by atoms with Crippen molar-refractivity contribution in [1.82, 2.24) is 10.6 Å². The molecule has 2 rings (SSSR count). The Morgan fingerprint density at radius 1 is 0.957 bits per heavy atom. The maximum atomic E-state index is 11.8. The largest absolute Gasteiger partial charge is 0.497 e. The number of nitrogens with one attached hydrogen (secondary N) is 2. The van der Waals surface area contributed by atoms with Crippen LogP contribution in [0, 0.1) is 0 Å². The van der Waals surface area contributed by atoms with E-state index >= 15 is 0 Å². The minimum atomic E-state index is 0.0630. The number of rotatable bonds is 9. The zero-order valence-corrected chi connectivity index (χ0v) is 13.5. The molecule has 0 aliphatic heterocycles. The molecular weight excluding hydrogens is 288 g/mol. The van der Waals surface area contributed by atoms with E-state index in [1.165, 1.54) is 5.56 Å². The molecule has 0 spiro atoms. The topological polar surface area (TPSA) is 50.4 Å². The van der Waals surface area contributed by atoms with Crippen molar-refractivity contribution in [3.63, 3.8) is 0 Å². The molecule has 0 unspecified atom stereocenters. The van der Waals surface area contributed by atoms with Crippen LogP contribution in [-0.2, 0) is 17.8 Å². The molecule has 0 radical (unpaired) electrons. The van der Waals surface area contributed by atoms with Gasteiger partial charge in [-0.2, -0.15) is 0 Å². The van der Waals surface area contributed by atoms with Gasteiger partial charge in [-0.05, 0) is 36.2 Å². The molecule has 2 N–H and O–H groups in total. The Hall–Kier alpha value is -2.33. The van der Waals surface area contributed by atoms with Gasteiger partial charge in [0.25, 0.3) is 0 Å². The molecule has 0 aliphatic rings. The van der Waals surface area contributed by atoms with Crippen LogP contribution in [0.2, 0.25) is 0 Å². The summed E-state index contributed by atoms with van der Waals surface area (Å²) in [5.41, 5.74) is 2.38. The summed E-state index contributed by atoms with van der Waals surface area (Å²) >= 11 is 0. The molecule has 4 heteroatoms. The highest BCUT2D eigenvalue weighted by Gasteiger charge is 2.01. The van der Waals surface area contributed by atoms with Gasteiger partial charge in [0.05, 0.1) is 7.11 Å². The minimum absolute atomic E-state index is 0.0630. The molecule has 0 aliphatic carbocycles. The third-order valence-electron chi connectivity index (χ3n) is 3.61. The van der Waals surface area contributed by atoms with E-state index in [0.717, 1.165) is 24.3 Å². The molecule has 2 aromatic carbocycles. The number of benzene rings is 2. The number of amides is 1. The standard InChI is InChI=1S/C19H24N2O2/c1-23-18-9-7-17(8-10-18)15-21-19(22)12-14-20-13-11-16-5-3-2-4-6-16/h2-10,20H,11-15H2,1H3,(H,21,22). The van der Waals surface area contributed by atoms with Crippen LogP contribution in [0.5, 0.6) is 5.75 Å². The van der Waals surface area contributed by atoms with E-state index in [2.05, 4.69) is 22.8 Å². The summed E-state index contributed by atoms with van der Waals surface area (Å²) in [7, 11) is 1.64. The molecule has 0 aromatic heterocycles. The van der Waals surface area contributed by atoms with Crippen LogP contribution in [0.1, 0.15) is 17.5 Å². The highest BCUT2D eigenvalue weighted by Crippen LogP contribution is 2.10. The normalized spacial score (nSPS) is 10.3. The fourth-order valence-corrected chi connectivity index (χ4v) is 2.24. The maximum absolute atomic E-state index is 11.8. The first-order chi connectivity index (χ1) is 11.3. The summed E-state index contributed by atoms with van der Waals surface area (Å²) in [5, 5.41) is 6.23. The van der Waals surface area contributed by atoms with Gasteiger partial charge in [-0.3, -0.25) is 4.79 Å². The van der Waals surface area contributed by atoms with E-state index in [1.54, 1.807) is 7.11 Å². The third-order valence-corrected chi connectivity index (χ3v) is 3.61. The first-order valence-electron chi connectivity index (χ1n) is 7.92. The molecule has 0 saturated heterocycles. The maximum Gasteiger partial charge on any atom is 0.221 e. The first-order valence-corrected chi connectivity index (χ1v) is 7.92. The van der Waals surface area contributed by atoms with Gasteiger partial charge in [0, 0.05) is 19.5 Å². The zero-order chi connectivity index (χ0) is 16.3. The molecule has 0 heterocycles. The van der Waals surface area contributed by atoms with Gasteiger partial charge >= 0.3 is 0 Å². The summed E-state index contributed by atoms with van der Waals surface area (Å²) in [6.07, 6.45) is 1.47. The lowest BCUT2D eigenvalue weighted by molar-refractivity contribution is -0.121. The van der Waals surface area contributed by atoms with Gasteiger partial charge in [-0.15, -0.1) is 0 Å². The number of ether oxygens (including phenoxy) is 1. The third kappa shape index (κ3) is 6.53. The number of methoxy groups -OCH3 is 1. The van der Waals surface area contributed by atoms with Crippen molar-refractivity contribution in [2.24, 2.45) is 0 Å².